The van der Waals surface area contributed by atoms with Crippen LogP contribution in [0.4, 0.5) is 0 Å². The van der Waals surface area contributed by atoms with E-state index in [2.05, 4.69) is 11.4 Å². The van der Waals surface area contributed by atoms with Gasteiger partial charge in [-0.2, -0.15) is 0 Å². The van der Waals surface area contributed by atoms with Crippen LogP contribution in [0.2, 0.25) is 0 Å². The van der Waals surface area contributed by atoms with Crippen LogP contribution < -0.4 is 10.1 Å². The lowest BCUT2D eigenvalue weighted by atomic mass is 9.97. The second-order valence-electron chi connectivity index (χ2n) is 6.81. The molecule has 3 nitrogen and oxygen atoms in total. The Hall–Kier alpha value is -2.81. The SMILES string of the molecule is COc1ccc(/C=C(/C(=O)NCCC2=CCCCC2)c2ccccc2)cc1. The first kappa shape index (κ1) is 19.0. The normalized spacial score (nSPS) is 14.4. The molecule has 0 saturated heterocycles. The molecule has 0 aromatic heterocycles. The van der Waals surface area contributed by atoms with Crippen LogP contribution >= 0.6 is 0 Å². The molecule has 0 aliphatic heterocycles. The maximum absolute atomic E-state index is 12.9. The monoisotopic (exact) mass is 361 g/mol. The number of hydrogen-bond acceptors (Lipinski definition) is 2. The van der Waals surface area contributed by atoms with Crippen molar-refractivity contribution in [3.63, 3.8) is 0 Å². The van der Waals surface area contributed by atoms with Crippen LogP contribution in [0.1, 0.15) is 43.2 Å². The van der Waals surface area contributed by atoms with E-state index < -0.39 is 0 Å². The highest BCUT2D eigenvalue weighted by Crippen LogP contribution is 2.22. The van der Waals surface area contributed by atoms with Gasteiger partial charge < -0.3 is 10.1 Å². The van der Waals surface area contributed by atoms with Crippen molar-refractivity contribution in [2.75, 3.05) is 13.7 Å². The Kier molecular flexibility index (Phi) is 6.86. The third kappa shape index (κ3) is 5.58. The lowest BCUT2D eigenvalue weighted by molar-refractivity contribution is -0.115. The molecule has 0 fully saturated rings. The molecule has 2 aromatic rings. The van der Waals surface area contributed by atoms with E-state index in [4.69, 9.17) is 4.74 Å². The molecule has 0 unspecified atom stereocenters. The van der Waals surface area contributed by atoms with E-state index in [1.54, 1.807) is 7.11 Å². The molecule has 0 bridgehead atoms. The van der Waals surface area contributed by atoms with E-state index in [1.807, 2.05) is 60.7 Å². The number of carbonyl (C=O) groups excluding carboxylic acids is 1. The van der Waals surface area contributed by atoms with Crippen LogP contribution in [0.25, 0.3) is 11.6 Å². The maximum Gasteiger partial charge on any atom is 0.251 e. The summed E-state index contributed by atoms with van der Waals surface area (Å²) in [5.74, 6) is 0.770. The fraction of sp³-hybridized carbons (Fsp3) is 0.292. The Bertz CT molecular complexity index is 804. The molecule has 1 amide bonds. The molecule has 1 aliphatic rings. The van der Waals surface area contributed by atoms with Crippen LogP contribution in [-0.4, -0.2) is 19.6 Å². The van der Waals surface area contributed by atoms with Crippen molar-refractivity contribution in [3.8, 4) is 5.75 Å². The van der Waals surface area contributed by atoms with Gasteiger partial charge in [0.25, 0.3) is 5.91 Å². The van der Waals surface area contributed by atoms with Gasteiger partial charge in [0.05, 0.1) is 7.11 Å². The van der Waals surface area contributed by atoms with Gasteiger partial charge in [0, 0.05) is 12.1 Å². The number of nitrogens with one attached hydrogen (secondary N) is 1. The maximum atomic E-state index is 12.9. The molecule has 0 radical (unpaired) electrons. The fourth-order valence-corrected chi connectivity index (χ4v) is 3.33. The highest BCUT2D eigenvalue weighted by molar-refractivity contribution is 6.24. The predicted molar refractivity (Wildman–Crippen MR) is 111 cm³/mol. The van der Waals surface area contributed by atoms with Gasteiger partial charge in [-0.25, -0.2) is 0 Å². The summed E-state index contributed by atoms with van der Waals surface area (Å²) in [6.45, 7) is 0.678. The highest BCUT2D eigenvalue weighted by Gasteiger charge is 2.12. The fourth-order valence-electron chi connectivity index (χ4n) is 3.33. The lowest BCUT2D eigenvalue weighted by Gasteiger charge is -2.14. The minimum absolute atomic E-state index is 0.0339. The van der Waals surface area contributed by atoms with Crippen LogP contribution in [0.3, 0.4) is 0 Å². The van der Waals surface area contributed by atoms with Crippen molar-refractivity contribution in [3.05, 3.63) is 77.4 Å². The van der Waals surface area contributed by atoms with Crippen LogP contribution in [-0.2, 0) is 4.79 Å². The van der Waals surface area contributed by atoms with Crippen molar-refractivity contribution < 1.29 is 9.53 Å². The quantitative estimate of drug-likeness (QED) is 0.416. The van der Waals surface area contributed by atoms with Gasteiger partial charge in [0.15, 0.2) is 0 Å². The highest BCUT2D eigenvalue weighted by atomic mass is 16.5. The molecule has 1 N–H and O–H groups in total. The van der Waals surface area contributed by atoms with Crippen molar-refractivity contribution in [2.24, 2.45) is 0 Å². The average molecular weight is 361 g/mol. The molecule has 2 aromatic carbocycles. The third-order valence-electron chi connectivity index (χ3n) is 4.87. The van der Waals surface area contributed by atoms with Crippen LogP contribution in [0, 0.1) is 0 Å². The molecule has 0 atom stereocenters. The molecule has 0 spiro atoms. The van der Waals surface area contributed by atoms with Crippen molar-refractivity contribution in [2.45, 2.75) is 32.1 Å². The summed E-state index contributed by atoms with van der Waals surface area (Å²) in [6.07, 6.45) is 10.1. The second-order valence-corrected chi connectivity index (χ2v) is 6.81. The van der Waals surface area contributed by atoms with Gasteiger partial charge in [-0.1, -0.05) is 54.1 Å². The van der Waals surface area contributed by atoms with E-state index in [1.165, 1.54) is 31.3 Å². The van der Waals surface area contributed by atoms with E-state index in [0.29, 0.717) is 12.1 Å². The first-order valence-electron chi connectivity index (χ1n) is 9.63. The summed E-state index contributed by atoms with van der Waals surface area (Å²) in [7, 11) is 1.65. The van der Waals surface area contributed by atoms with Gasteiger partial charge in [0.1, 0.15) is 5.75 Å². The molecule has 0 heterocycles. The minimum Gasteiger partial charge on any atom is -0.497 e. The first-order chi connectivity index (χ1) is 13.3. The second kappa shape index (κ2) is 9.77. The Balaban J connectivity index is 1.73. The lowest BCUT2D eigenvalue weighted by Crippen LogP contribution is -2.25. The number of methoxy groups -OCH3 is 1. The molecule has 27 heavy (non-hydrogen) atoms. The summed E-state index contributed by atoms with van der Waals surface area (Å²) >= 11 is 0. The van der Waals surface area contributed by atoms with E-state index in [0.717, 1.165) is 23.3 Å². The van der Waals surface area contributed by atoms with E-state index in [-0.39, 0.29) is 5.91 Å². The number of carbonyl (C=O) groups is 1. The number of allylic oxidation sites excluding steroid dienone is 1. The molecule has 0 saturated carbocycles. The first-order valence-corrected chi connectivity index (χ1v) is 9.63. The zero-order valence-corrected chi connectivity index (χ0v) is 15.9. The summed E-state index contributed by atoms with van der Waals surface area (Å²) in [5.41, 5.74) is 4.04. The number of amides is 1. The Morgan fingerprint density at radius 3 is 2.52 bits per heavy atom. The van der Waals surface area contributed by atoms with Gasteiger partial charge >= 0.3 is 0 Å². The Labute approximate surface area is 161 Å². The number of benzene rings is 2. The molecule has 140 valence electrons. The largest absolute Gasteiger partial charge is 0.497 e. The minimum atomic E-state index is -0.0339. The number of hydrogen-bond donors (Lipinski definition) is 1. The Morgan fingerprint density at radius 1 is 1.07 bits per heavy atom. The summed E-state index contributed by atoms with van der Waals surface area (Å²) in [4.78, 5) is 12.9. The average Bonchev–Trinajstić information content (AvgIpc) is 2.74. The van der Waals surface area contributed by atoms with Crippen LogP contribution in [0.15, 0.2) is 66.2 Å². The standard InChI is InChI=1S/C24H27NO2/c1-27-22-14-12-20(13-15-22)18-23(21-10-6-3-7-11-21)24(26)25-17-16-19-8-4-2-5-9-19/h3,6-8,10-15,18H,2,4-5,9,16-17H2,1H3,(H,25,26)/b23-18+. The molecule has 3 rings (SSSR count). The van der Waals surface area contributed by atoms with Gasteiger partial charge in [-0.15, -0.1) is 0 Å². The van der Waals surface area contributed by atoms with E-state index >= 15 is 0 Å². The molecular weight excluding hydrogens is 334 g/mol. The zero-order valence-electron chi connectivity index (χ0n) is 15.9. The molecule has 1 aliphatic carbocycles. The molecular formula is C24H27NO2. The predicted octanol–water partition coefficient (Wildman–Crippen LogP) is 5.24. The zero-order chi connectivity index (χ0) is 18.9. The van der Waals surface area contributed by atoms with Crippen molar-refractivity contribution >= 4 is 17.6 Å². The number of ether oxygens (including phenoxy) is 1. The topological polar surface area (TPSA) is 38.3 Å². The van der Waals surface area contributed by atoms with Crippen molar-refractivity contribution in [1.29, 1.82) is 0 Å². The van der Waals surface area contributed by atoms with Crippen molar-refractivity contribution in [1.82, 2.24) is 5.32 Å². The van der Waals surface area contributed by atoms with Crippen LogP contribution in [0.5, 0.6) is 5.75 Å². The number of rotatable bonds is 7. The summed E-state index contributed by atoms with van der Waals surface area (Å²) < 4.78 is 5.21. The van der Waals surface area contributed by atoms with Gasteiger partial charge in [-0.3, -0.25) is 4.79 Å². The van der Waals surface area contributed by atoms with Gasteiger partial charge in [0.2, 0.25) is 0 Å². The molecule has 3 heteroatoms. The third-order valence-corrected chi connectivity index (χ3v) is 4.87. The Morgan fingerprint density at radius 2 is 1.85 bits per heavy atom. The van der Waals surface area contributed by atoms with E-state index in [9.17, 15) is 4.79 Å². The summed E-state index contributed by atoms with van der Waals surface area (Å²) in [6, 6.07) is 17.5. The van der Waals surface area contributed by atoms with Gasteiger partial charge in [-0.05, 0) is 61.4 Å². The summed E-state index contributed by atoms with van der Waals surface area (Å²) in [5, 5.41) is 3.10. The smallest absolute Gasteiger partial charge is 0.251 e.